The van der Waals surface area contributed by atoms with Crippen molar-refractivity contribution < 1.29 is 4.74 Å². The van der Waals surface area contributed by atoms with E-state index in [2.05, 4.69) is 34.7 Å². The summed E-state index contributed by atoms with van der Waals surface area (Å²) in [4.78, 5) is 4.28. The van der Waals surface area contributed by atoms with Crippen molar-refractivity contribution in [2.75, 3.05) is 27.2 Å². The maximum absolute atomic E-state index is 5.20. The van der Waals surface area contributed by atoms with Crippen LogP contribution in [-0.2, 0) is 0 Å². The molecule has 1 saturated carbocycles. The molecule has 1 fully saturated rings. The maximum Gasteiger partial charge on any atom is 0.190 e. The Kier molecular flexibility index (Phi) is 6.56. The molecule has 0 heterocycles. The molecular weight excluding hydrogens is 274 g/mol. The second-order valence-corrected chi connectivity index (χ2v) is 6.12. The Morgan fingerprint density at radius 1 is 1.23 bits per heavy atom. The fraction of sp³-hybridized carbons (Fsp3) is 0.611. The first-order chi connectivity index (χ1) is 10.7. The SMILES string of the molecule is CN=C(NCCC1CC1)NCCC(C)c1ccc(OC)cc1. The van der Waals surface area contributed by atoms with Gasteiger partial charge in [-0.1, -0.05) is 31.9 Å². The zero-order valence-corrected chi connectivity index (χ0v) is 14.1. The second-order valence-electron chi connectivity index (χ2n) is 6.12. The quantitative estimate of drug-likeness (QED) is 0.573. The van der Waals surface area contributed by atoms with Crippen molar-refractivity contribution in [1.82, 2.24) is 10.6 Å². The smallest absolute Gasteiger partial charge is 0.190 e. The average Bonchev–Trinajstić information content (AvgIpc) is 3.37. The third-order valence-electron chi connectivity index (χ3n) is 4.32. The highest BCUT2D eigenvalue weighted by molar-refractivity contribution is 5.79. The Labute approximate surface area is 134 Å². The number of hydrogen-bond donors (Lipinski definition) is 2. The Morgan fingerprint density at radius 2 is 1.91 bits per heavy atom. The number of benzene rings is 1. The second kappa shape index (κ2) is 8.66. The fourth-order valence-corrected chi connectivity index (χ4v) is 2.53. The standard InChI is InChI=1S/C18H29N3O/c1-14(16-6-8-17(22-3)9-7-16)10-12-20-18(19-2)21-13-11-15-4-5-15/h6-9,14-15H,4-5,10-13H2,1-3H3,(H2,19,20,21). The van der Waals surface area contributed by atoms with E-state index < -0.39 is 0 Å². The van der Waals surface area contributed by atoms with E-state index in [0.29, 0.717) is 5.92 Å². The average molecular weight is 303 g/mol. The van der Waals surface area contributed by atoms with Gasteiger partial charge in [0, 0.05) is 20.1 Å². The van der Waals surface area contributed by atoms with Crippen LogP contribution in [0.4, 0.5) is 0 Å². The molecule has 4 nitrogen and oxygen atoms in total. The number of ether oxygens (including phenoxy) is 1. The highest BCUT2D eigenvalue weighted by atomic mass is 16.5. The monoisotopic (exact) mass is 303 g/mol. The molecule has 0 saturated heterocycles. The number of rotatable bonds is 8. The van der Waals surface area contributed by atoms with Crippen LogP contribution >= 0.6 is 0 Å². The van der Waals surface area contributed by atoms with Gasteiger partial charge in [0.25, 0.3) is 0 Å². The summed E-state index contributed by atoms with van der Waals surface area (Å²) in [6.45, 7) is 4.21. The van der Waals surface area contributed by atoms with E-state index in [9.17, 15) is 0 Å². The topological polar surface area (TPSA) is 45.7 Å². The van der Waals surface area contributed by atoms with E-state index in [1.165, 1.54) is 24.8 Å². The van der Waals surface area contributed by atoms with Crippen molar-refractivity contribution in [3.8, 4) is 5.75 Å². The first kappa shape index (κ1) is 16.7. The molecule has 1 unspecified atom stereocenters. The highest BCUT2D eigenvalue weighted by Crippen LogP contribution is 2.31. The largest absolute Gasteiger partial charge is 0.497 e. The molecule has 0 radical (unpaired) electrons. The number of nitrogens with zero attached hydrogens (tertiary/aromatic N) is 1. The normalized spacial score (nSPS) is 16.2. The van der Waals surface area contributed by atoms with Crippen LogP contribution < -0.4 is 15.4 Å². The van der Waals surface area contributed by atoms with E-state index in [1.54, 1.807) is 7.11 Å². The van der Waals surface area contributed by atoms with Crippen LogP contribution in [-0.4, -0.2) is 33.2 Å². The van der Waals surface area contributed by atoms with Gasteiger partial charge in [-0.25, -0.2) is 0 Å². The van der Waals surface area contributed by atoms with Crippen molar-refractivity contribution in [2.45, 2.75) is 38.5 Å². The Hall–Kier alpha value is -1.71. The number of nitrogens with one attached hydrogen (secondary N) is 2. The first-order valence-electron chi connectivity index (χ1n) is 8.31. The molecular formula is C18H29N3O. The van der Waals surface area contributed by atoms with E-state index in [1.807, 2.05) is 19.2 Å². The summed E-state index contributed by atoms with van der Waals surface area (Å²) in [7, 11) is 3.53. The van der Waals surface area contributed by atoms with Crippen LogP contribution in [0.5, 0.6) is 5.75 Å². The molecule has 122 valence electrons. The minimum Gasteiger partial charge on any atom is -0.497 e. The summed E-state index contributed by atoms with van der Waals surface area (Å²) >= 11 is 0. The Morgan fingerprint density at radius 3 is 2.50 bits per heavy atom. The van der Waals surface area contributed by atoms with Gasteiger partial charge in [0.2, 0.25) is 0 Å². The summed E-state index contributed by atoms with van der Waals surface area (Å²) in [5.74, 6) is 3.31. The summed E-state index contributed by atoms with van der Waals surface area (Å²) in [5.41, 5.74) is 1.35. The zero-order valence-electron chi connectivity index (χ0n) is 14.1. The molecule has 0 amide bonds. The highest BCUT2D eigenvalue weighted by Gasteiger charge is 2.20. The third-order valence-corrected chi connectivity index (χ3v) is 4.32. The molecule has 0 spiro atoms. The minimum atomic E-state index is 0.517. The van der Waals surface area contributed by atoms with Gasteiger partial charge in [0.15, 0.2) is 5.96 Å². The maximum atomic E-state index is 5.20. The number of guanidine groups is 1. The van der Waals surface area contributed by atoms with Gasteiger partial charge >= 0.3 is 0 Å². The summed E-state index contributed by atoms with van der Waals surface area (Å²) in [6.07, 6.45) is 5.17. The lowest BCUT2D eigenvalue weighted by molar-refractivity contribution is 0.414. The zero-order chi connectivity index (χ0) is 15.8. The van der Waals surface area contributed by atoms with E-state index >= 15 is 0 Å². The van der Waals surface area contributed by atoms with Gasteiger partial charge in [-0.2, -0.15) is 0 Å². The van der Waals surface area contributed by atoms with Crippen molar-refractivity contribution in [3.05, 3.63) is 29.8 Å². The van der Waals surface area contributed by atoms with Crippen LogP contribution in [0.25, 0.3) is 0 Å². The molecule has 1 aliphatic carbocycles. The summed E-state index contributed by atoms with van der Waals surface area (Å²) in [6, 6.07) is 8.34. The van der Waals surface area contributed by atoms with E-state index in [-0.39, 0.29) is 0 Å². The molecule has 1 aromatic rings. The van der Waals surface area contributed by atoms with Gasteiger partial charge < -0.3 is 15.4 Å². The van der Waals surface area contributed by atoms with Crippen LogP contribution in [0.3, 0.4) is 0 Å². The van der Waals surface area contributed by atoms with Crippen molar-refractivity contribution in [3.63, 3.8) is 0 Å². The van der Waals surface area contributed by atoms with Gasteiger partial charge in [-0.15, -0.1) is 0 Å². The predicted octanol–water partition coefficient (Wildman–Crippen LogP) is 3.15. The molecule has 1 aliphatic rings. The van der Waals surface area contributed by atoms with Gasteiger partial charge in [0.1, 0.15) is 5.75 Å². The van der Waals surface area contributed by atoms with Gasteiger partial charge in [-0.3, -0.25) is 4.99 Å². The summed E-state index contributed by atoms with van der Waals surface area (Å²) < 4.78 is 5.20. The molecule has 1 atom stereocenters. The van der Waals surface area contributed by atoms with Crippen molar-refractivity contribution in [2.24, 2.45) is 10.9 Å². The van der Waals surface area contributed by atoms with Crippen molar-refractivity contribution >= 4 is 5.96 Å². The van der Waals surface area contributed by atoms with Gasteiger partial charge in [0.05, 0.1) is 7.11 Å². The Balaban J connectivity index is 1.66. The third kappa shape index (κ3) is 5.58. The fourth-order valence-electron chi connectivity index (χ4n) is 2.53. The predicted molar refractivity (Wildman–Crippen MR) is 92.7 cm³/mol. The molecule has 0 aromatic heterocycles. The molecule has 0 bridgehead atoms. The molecule has 22 heavy (non-hydrogen) atoms. The van der Waals surface area contributed by atoms with Crippen LogP contribution in [0.2, 0.25) is 0 Å². The summed E-state index contributed by atoms with van der Waals surface area (Å²) in [5, 5.41) is 6.79. The molecule has 0 aliphatic heterocycles. The lowest BCUT2D eigenvalue weighted by Gasteiger charge is -2.15. The van der Waals surface area contributed by atoms with Crippen LogP contribution in [0.1, 0.15) is 44.1 Å². The van der Waals surface area contributed by atoms with E-state index in [4.69, 9.17) is 4.74 Å². The lowest BCUT2D eigenvalue weighted by Crippen LogP contribution is -2.38. The molecule has 2 N–H and O–H groups in total. The Bertz CT molecular complexity index is 466. The minimum absolute atomic E-state index is 0.517. The van der Waals surface area contributed by atoms with Crippen molar-refractivity contribution in [1.29, 1.82) is 0 Å². The van der Waals surface area contributed by atoms with Gasteiger partial charge in [-0.05, 0) is 42.4 Å². The first-order valence-corrected chi connectivity index (χ1v) is 8.31. The molecule has 2 rings (SSSR count). The van der Waals surface area contributed by atoms with Crippen LogP contribution in [0, 0.1) is 5.92 Å². The van der Waals surface area contributed by atoms with Crippen LogP contribution in [0.15, 0.2) is 29.3 Å². The lowest BCUT2D eigenvalue weighted by atomic mass is 9.98. The molecule has 4 heteroatoms. The number of hydrogen-bond acceptors (Lipinski definition) is 2. The molecule has 1 aromatic carbocycles. The van der Waals surface area contributed by atoms with E-state index in [0.717, 1.165) is 37.1 Å². The number of aliphatic imine (C=N–C) groups is 1. The number of methoxy groups -OCH3 is 1.